The molecule has 0 aliphatic rings. The highest BCUT2D eigenvalue weighted by Gasteiger charge is 2.19. The van der Waals surface area contributed by atoms with E-state index in [1.807, 2.05) is 0 Å². The highest BCUT2D eigenvalue weighted by molar-refractivity contribution is 5.73. The van der Waals surface area contributed by atoms with Crippen molar-refractivity contribution in [3.63, 3.8) is 0 Å². The first-order valence-electron chi connectivity index (χ1n) is 6.83. The summed E-state index contributed by atoms with van der Waals surface area (Å²) < 4.78 is 0. The van der Waals surface area contributed by atoms with Crippen LogP contribution < -0.4 is 5.73 Å². The van der Waals surface area contributed by atoms with Crippen LogP contribution in [0.15, 0.2) is 24.3 Å². The fourth-order valence-electron chi connectivity index (χ4n) is 2.15. The van der Waals surface area contributed by atoms with Gasteiger partial charge in [-0.05, 0) is 29.4 Å². The molecular formula is C16H25NO. The van der Waals surface area contributed by atoms with Crippen molar-refractivity contribution in [1.29, 1.82) is 0 Å². The molecule has 0 bridgehead atoms. The van der Waals surface area contributed by atoms with Crippen molar-refractivity contribution < 1.29 is 4.79 Å². The number of carbonyl (C=O) groups excluding carboxylic acids is 1. The van der Waals surface area contributed by atoms with E-state index in [0.717, 1.165) is 6.42 Å². The third-order valence-electron chi connectivity index (χ3n) is 3.55. The minimum absolute atomic E-state index is 0.234. The topological polar surface area (TPSA) is 43.1 Å². The van der Waals surface area contributed by atoms with Crippen molar-refractivity contribution in [3.05, 3.63) is 35.4 Å². The number of amides is 1. The van der Waals surface area contributed by atoms with Crippen LogP contribution in [0.4, 0.5) is 0 Å². The van der Waals surface area contributed by atoms with Crippen LogP contribution in [0.25, 0.3) is 0 Å². The second-order valence-electron chi connectivity index (χ2n) is 5.65. The maximum Gasteiger partial charge on any atom is 0.217 e. The normalized spacial score (nSPS) is 11.5. The van der Waals surface area contributed by atoms with Gasteiger partial charge < -0.3 is 5.73 Å². The number of aryl methyl sites for hydroxylation is 1. The highest BCUT2D eigenvalue weighted by atomic mass is 16.1. The summed E-state index contributed by atoms with van der Waals surface area (Å²) in [5.74, 6) is -0.234. The van der Waals surface area contributed by atoms with E-state index in [9.17, 15) is 4.79 Å². The lowest BCUT2D eigenvalue weighted by Gasteiger charge is -2.25. The molecule has 1 rings (SSSR count). The summed E-state index contributed by atoms with van der Waals surface area (Å²) in [5, 5.41) is 0. The van der Waals surface area contributed by atoms with Gasteiger partial charge in [0.2, 0.25) is 5.91 Å². The van der Waals surface area contributed by atoms with E-state index in [4.69, 9.17) is 5.73 Å². The summed E-state index contributed by atoms with van der Waals surface area (Å²) in [4.78, 5) is 10.7. The van der Waals surface area contributed by atoms with E-state index >= 15 is 0 Å². The molecule has 0 saturated carbocycles. The SMILES string of the molecule is CCCCC(C)(C)c1ccc(CCC(N)=O)cc1. The second kappa shape index (κ2) is 6.58. The number of unbranched alkanes of at least 4 members (excludes halogenated alkanes) is 1. The average molecular weight is 247 g/mol. The number of nitrogens with two attached hydrogens (primary N) is 1. The van der Waals surface area contributed by atoms with Crippen LogP contribution in [0.2, 0.25) is 0 Å². The van der Waals surface area contributed by atoms with Gasteiger partial charge in [0.1, 0.15) is 0 Å². The third-order valence-corrected chi connectivity index (χ3v) is 3.55. The number of primary amides is 1. The molecule has 0 aliphatic heterocycles. The Kier molecular flexibility index (Phi) is 5.39. The average Bonchev–Trinajstić information content (AvgIpc) is 2.34. The minimum Gasteiger partial charge on any atom is -0.370 e. The first-order valence-corrected chi connectivity index (χ1v) is 6.83. The summed E-state index contributed by atoms with van der Waals surface area (Å²) in [5.41, 5.74) is 7.95. The zero-order chi connectivity index (χ0) is 13.6. The van der Waals surface area contributed by atoms with Crippen LogP contribution in [-0.2, 0) is 16.6 Å². The van der Waals surface area contributed by atoms with E-state index in [2.05, 4.69) is 45.0 Å². The van der Waals surface area contributed by atoms with Gasteiger partial charge in [0.25, 0.3) is 0 Å². The predicted octanol–water partition coefficient (Wildman–Crippen LogP) is 3.57. The molecule has 18 heavy (non-hydrogen) atoms. The van der Waals surface area contributed by atoms with Crippen LogP contribution in [-0.4, -0.2) is 5.91 Å². The molecule has 0 spiro atoms. The number of hydrogen-bond acceptors (Lipinski definition) is 1. The molecule has 100 valence electrons. The Morgan fingerprint density at radius 2 is 1.83 bits per heavy atom. The first-order chi connectivity index (χ1) is 8.45. The van der Waals surface area contributed by atoms with E-state index in [-0.39, 0.29) is 11.3 Å². The van der Waals surface area contributed by atoms with Gasteiger partial charge in [-0.2, -0.15) is 0 Å². The molecular weight excluding hydrogens is 222 g/mol. The summed E-state index contributed by atoms with van der Waals surface area (Å²) in [7, 11) is 0. The summed E-state index contributed by atoms with van der Waals surface area (Å²) in [6, 6.07) is 8.61. The lowest BCUT2D eigenvalue weighted by atomic mass is 9.80. The quantitative estimate of drug-likeness (QED) is 0.786. The Morgan fingerprint density at radius 1 is 1.22 bits per heavy atom. The van der Waals surface area contributed by atoms with Crippen molar-refractivity contribution in [3.8, 4) is 0 Å². The van der Waals surface area contributed by atoms with Crippen molar-refractivity contribution in [2.75, 3.05) is 0 Å². The van der Waals surface area contributed by atoms with Gasteiger partial charge in [-0.1, -0.05) is 57.9 Å². The Labute approximate surface area is 111 Å². The van der Waals surface area contributed by atoms with Gasteiger partial charge in [0.15, 0.2) is 0 Å². The molecule has 2 heteroatoms. The molecule has 0 saturated heterocycles. The number of hydrogen-bond donors (Lipinski definition) is 1. The Morgan fingerprint density at radius 3 is 2.33 bits per heavy atom. The molecule has 1 aromatic carbocycles. The maximum atomic E-state index is 10.7. The van der Waals surface area contributed by atoms with Crippen LogP contribution in [0.5, 0.6) is 0 Å². The van der Waals surface area contributed by atoms with E-state index in [0.29, 0.717) is 6.42 Å². The van der Waals surface area contributed by atoms with Gasteiger partial charge in [-0.3, -0.25) is 4.79 Å². The van der Waals surface area contributed by atoms with E-state index in [1.54, 1.807) is 0 Å². The van der Waals surface area contributed by atoms with Gasteiger partial charge in [0, 0.05) is 6.42 Å². The molecule has 0 aliphatic carbocycles. The largest absolute Gasteiger partial charge is 0.370 e. The Balaban J connectivity index is 2.66. The summed E-state index contributed by atoms with van der Waals surface area (Å²) in [6.45, 7) is 6.81. The zero-order valence-electron chi connectivity index (χ0n) is 11.8. The van der Waals surface area contributed by atoms with Crippen molar-refractivity contribution in [2.24, 2.45) is 5.73 Å². The summed E-state index contributed by atoms with van der Waals surface area (Å²) >= 11 is 0. The fourth-order valence-corrected chi connectivity index (χ4v) is 2.15. The molecule has 1 amide bonds. The van der Waals surface area contributed by atoms with Crippen molar-refractivity contribution in [2.45, 2.75) is 58.3 Å². The van der Waals surface area contributed by atoms with E-state index < -0.39 is 0 Å². The van der Waals surface area contributed by atoms with Crippen LogP contribution >= 0.6 is 0 Å². The van der Waals surface area contributed by atoms with Crippen LogP contribution in [0.1, 0.15) is 57.6 Å². The minimum atomic E-state index is -0.234. The van der Waals surface area contributed by atoms with Gasteiger partial charge in [-0.25, -0.2) is 0 Å². The first kappa shape index (κ1) is 14.7. The highest BCUT2D eigenvalue weighted by Crippen LogP contribution is 2.29. The standard InChI is InChI=1S/C16H25NO/c1-4-5-12-16(2,3)14-9-6-13(7-10-14)8-11-15(17)18/h6-7,9-10H,4-5,8,11-12H2,1-3H3,(H2,17,18). The molecule has 0 radical (unpaired) electrons. The van der Waals surface area contributed by atoms with Gasteiger partial charge >= 0.3 is 0 Å². The third kappa shape index (κ3) is 4.52. The van der Waals surface area contributed by atoms with Crippen LogP contribution in [0, 0.1) is 0 Å². The number of benzene rings is 1. The van der Waals surface area contributed by atoms with Crippen LogP contribution in [0.3, 0.4) is 0 Å². The van der Waals surface area contributed by atoms with Crippen molar-refractivity contribution >= 4 is 5.91 Å². The Hall–Kier alpha value is -1.31. The predicted molar refractivity (Wildman–Crippen MR) is 76.5 cm³/mol. The van der Waals surface area contributed by atoms with Crippen molar-refractivity contribution in [1.82, 2.24) is 0 Å². The van der Waals surface area contributed by atoms with Gasteiger partial charge in [-0.15, -0.1) is 0 Å². The second-order valence-corrected chi connectivity index (χ2v) is 5.65. The van der Waals surface area contributed by atoms with E-state index in [1.165, 1.54) is 30.4 Å². The smallest absolute Gasteiger partial charge is 0.217 e. The number of rotatable bonds is 7. The molecule has 0 fully saturated rings. The molecule has 2 N–H and O–H groups in total. The summed E-state index contributed by atoms with van der Waals surface area (Å²) in [6.07, 6.45) is 4.88. The molecule has 0 unspecified atom stereocenters. The lowest BCUT2D eigenvalue weighted by molar-refractivity contribution is -0.117. The zero-order valence-corrected chi connectivity index (χ0v) is 11.8. The maximum absolute atomic E-state index is 10.7. The monoisotopic (exact) mass is 247 g/mol. The molecule has 0 heterocycles. The number of carbonyl (C=O) groups is 1. The molecule has 0 aromatic heterocycles. The lowest BCUT2D eigenvalue weighted by Crippen LogP contribution is -2.17. The fraction of sp³-hybridized carbons (Fsp3) is 0.562. The molecule has 1 aromatic rings. The van der Waals surface area contributed by atoms with Gasteiger partial charge in [0.05, 0.1) is 0 Å². The molecule has 2 nitrogen and oxygen atoms in total. The molecule has 0 atom stereocenters. The Bertz CT molecular complexity index is 379.